The predicted molar refractivity (Wildman–Crippen MR) is 75.4 cm³/mol. The minimum atomic E-state index is 0.859. The third kappa shape index (κ3) is 3.15. The van der Waals surface area contributed by atoms with Gasteiger partial charge in [0.2, 0.25) is 0 Å². The highest BCUT2D eigenvalue weighted by atomic mass is 15.1. The van der Waals surface area contributed by atoms with E-state index < -0.39 is 0 Å². The molecule has 2 rings (SSSR count). The van der Waals surface area contributed by atoms with Gasteiger partial charge in [0.25, 0.3) is 0 Å². The first kappa shape index (κ1) is 12.3. The summed E-state index contributed by atoms with van der Waals surface area (Å²) in [7, 11) is 2.20. The van der Waals surface area contributed by atoms with E-state index >= 15 is 0 Å². The molecule has 1 saturated carbocycles. The van der Waals surface area contributed by atoms with Crippen molar-refractivity contribution in [2.75, 3.05) is 24.2 Å². The summed E-state index contributed by atoms with van der Waals surface area (Å²) in [6.07, 6.45) is 7.07. The maximum Gasteiger partial charge on any atom is 0.0394 e. The molecular weight excluding hydrogens is 208 g/mol. The van der Waals surface area contributed by atoms with Crippen molar-refractivity contribution in [1.29, 1.82) is 0 Å². The van der Waals surface area contributed by atoms with Gasteiger partial charge in [-0.05, 0) is 49.4 Å². The summed E-state index contributed by atoms with van der Waals surface area (Å²) in [5.74, 6) is 0.880. The minimum Gasteiger partial charge on any atom is -0.399 e. The summed E-state index contributed by atoms with van der Waals surface area (Å²) in [5, 5.41) is 0. The van der Waals surface area contributed by atoms with Crippen LogP contribution in [-0.2, 0) is 0 Å². The molecule has 0 amide bonds. The fraction of sp³-hybridized carbons (Fsp3) is 0.600. The van der Waals surface area contributed by atoms with Crippen LogP contribution in [0.2, 0.25) is 0 Å². The van der Waals surface area contributed by atoms with Crippen LogP contribution in [-0.4, -0.2) is 13.6 Å². The Morgan fingerprint density at radius 1 is 1.24 bits per heavy atom. The summed E-state index contributed by atoms with van der Waals surface area (Å²) in [4.78, 5) is 2.39. The Bertz CT molecular complexity index is 367. The zero-order valence-corrected chi connectivity index (χ0v) is 11.1. The van der Waals surface area contributed by atoms with Gasteiger partial charge in [-0.1, -0.05) is 19.3 Å². The van der Waals surface area contributed by atoms with Gasteiger partial charge in [0.15, 0.2) is 0 Å². The van der Waals surface area contributed by atoms with Gasteiger partial charge in [-0.3, -0.25) is 0 Å². The standard InChI is InChI=1S/C15H24N2/c1-12-10-14(16)8-9-15(12)17(2)11-13-6-4-3-5-7-13/h8-10,13H,3-7,11,16H2,1-2H3. The van der Waals surface area contributed by atoms with Crippen molar-refractivity contribution < 1.29 is 0 Å². The van der Waals surface area contributed by atoms with Gasteiger partial charge in [-0.15, -0.1) is 0 Å². The van der Waals surface area contributed by atoms with Crippen molar-refractivity contribution in [3.05, 3.63) is 23.8 Å². The summed E-state index contributed by atoms with van der Waals surface area (Å²) >= 11 is 0. The molecule has 0 heterocycles. The van der Waals surface area contributed by atoms with E-state index in [0.717, 1.165) is 11.6 Å². The van der Waals surface area contributed by atoms with Gasteiger partial charge >= 0.3 is 0 Å². The van der Waals surface area contributed by atoms with Crippen molar-refractivity contribution in [2.24, 2.45) is 5.92 Å². The molecule has 0 aromatic heterocycles. The molecular formula is C15H24N2. The highest BCUT2D eigenvalue weighted by molar-refractivity contribution is 5.58. The maximum absolute atomic E-state index is 5.79. The van der Waals surface area contributed by atoms with Crippen LogP contribution >= 0.6 is 0 Å². The largest absolute Gasteiger partial charge is 0.399 e. The van der Waals surface area contributed by atoms with E-state index in [1.165, 1.54) is 49.9 Å². The number of anilines is 2. The average Bonchev–Trinajstić information content (AvgIpc) is 2.30. The molecule has 17 heavy (non-hydrogen) atoms. The lowest BCUT2D eigenvalue weighted by molar-refractivity contribution is 0.362. The van der Waals surface area contributed by atoms with Crippen molar-refractivity contribution in [3.8, 4) is 0 Å². The second kappa shape index (κ2) is 5.44. The molecule has 2 heteroatoms. The number of nitrogens with two attached hydrogens (primary N) is 1. The van der Waals surface area contributed by atoms with Crippen LogP contribution in [0.15, 0.2) is 18.2 Å². The molecule has 1 aliphatic carbocycles. The lowest BCUT2D eigenvalue weighted by Gasteiger charge is -2.29. The second-order valence-electron chi connectivity index (χ2n) is 5.43. The molecule has 0 atom stereocenters. The van der Waals surface area contributed by atoms with E-state index in [1.54, 1.807) is 0 Å². The molecule has 1 aromatic rings. The van der Waals surface area contributed by atoms with Crippen molar-refractivity contribution in [2.45, 2.75) is 39.0 Å². The fourth-order valence-electron chi connectivity index (χ4n) is 2.96. The lowest BCUT2D eigenvalue weighted by Crippen LogP contribution is -2.27. The monoisotopic (exact) mass is 232 g/mol. The van der Waals surface area contributed by atoms with E-state index in [4.69, 9.17) is 5.73 Å². The summed E-state index contributed by atoms with van der Waals surface area (Å²) in [6.45, 7) is 3.33. The van der Waals surface area contributed by atoms with E-state index in [0.29, 0.717) is 0 Å². The topological polar surface area (TPSA) is 29.3 Å². The molecule has 0 spiro atoms. The third-order valence-corrected chi connectivity index (χ3v) is 3.89. The molecule has 0 saturated heterocycles. The lowest BCUT2D eigenvalue weighted by atomic mass is 9.89. The molecule has 0 aliphatic heterocycles. The number of hydrogen-bond donors (Lipinski definition) is 1. The third-order valence-electron chi connectivity index (χ3n) is 3.89. The average molecular weight is 232 g/mol. The summed E-state index contributed by atoms with van der Waals surface area (Å²) in [6, 6.07) is 6.21. The number of aryl methyl sites for hydroxylation is 1. The van der Waals surface area contributed by atoms with E-state index in [9.17, 15) is 0 Å². The van der Waals surface area contributed by atoms with Crippen LogP contribution in [0.5, 0.6) is 0 Å². The minimum absolute atomic E-state index is 0.859. The number of nitrogen functional groups attached to an aromatic ring is 1. The summed E-state index contributed by atoms with van der Waals surface area (Å²) < 4.78 is 0. The Labute approximate surface area is 105 Å². The maximum atomic E-state index is 5.79. The van der Waals surface area contributed by atoms with Gasteiger partial charge in [0.05, 0.1) is 0 Å². The predicted octanol–water partition coefficient (Wildman–Crippen LogP) is 3.59. The number of hydrogen-bond acceptors (Lipinski definition) is 2. The first-order chi connectivity index (χ1) is 8.16. The number of rotatable bonds is 3. The molecule has 1 aliphatic rings. The number of benzene rings is 1. The molecule has 0 unspecified atom stereocenters. The molecule has 1 fully saturated rings. The zero-order chi connectivity index (χ0) is 12.3. The molecule has 2 nitrogen and oxygen atoms in total. The second-order valence-corrected chi connectivity index (χ2v) is 5.43. The fourth-order valence-corrected chi connectivity index (χ4v) is 2.96. The normalized spacial score (nSPS) is 17.1. The Balaban J connectivity index is 2.00. The first-order valence-corrected chi connectivity index (χ1v) is 6.74. The Hall–Kier alpha value is -1.18. The van der Waals surface area contributed by atoms with Gasteiger partial charge in [0, 0.05) is 25.0 Å². The summed E-state index contributed by atoms with van der Waals surface area (Å²) in [5.41, 5.74) is 9.26. The van der Waals surface area contributed by atoms with Crippen molar-refractivity contribution in [3.63, 3.8) is 0 Å². The molecule has 1 aromatic carbocycles. The smallest absolute Gasteiger partial charge is 0.0394 e. The molecule has 94 valence electrons. The van der Waals surface area contributed by atoms with Gasteiger partial charge in [-0.2, -0.15) is 0 Å². The van der Waals surface area contributed by atoms with Crippen LogP contribution in [0.1, 0.15) is 37.7 Å². The Kier molecular flexibility index (Phi) is 3.93. The van der Waals surface area contributed by atoms with Gasteiger partial charge < -0.3 is 10.6 Å². The van der Waals surface area contributed by atoms with Crippen LogP contribution in [0, 0.1) is 12.8 Å². The van der Waals surface area contributed by atoms with Crippen LogP contribution in [0.25, 0.3) is 0 Å². The molecule has 0 radical (unpaired) electrons. The molecule has 0 bridgehead atoms. The van der Waals surface area contributed by atoms with E-state index in [-0.39, 0.29) is 0 Å². The molecule has 2 N–H and O–H groups in total. The van der Waals surface area contributed by atoms with Gasteiger partial charge in [0.1, 0.15) is 0 Å². The highest BCUT2D eigenvalue weighted by Gasteiger charge is 2.16. The Morgan fingerprint density at radius 3 is 2.59 bits per heavy atom. The van der Waals surface area contributed by atoms with Crippen molar-refractivity contribution in [1.82, 2.24) is 0 Å². The highest BCUT2D eigenvalue weighted by Crippen LogP contribution is 2.27. The number of nitrogens with zero attached hydrogens (tertiary/aromatic N) is 1. The quantitative estimate of drug-likeness (QED) is 0.807. The first-order valence-electron chi connectivity index (χ1n) is 6.74. The van der Waals surface area contributed by atoms with Crippen LogP contribution < -0.4 is 10.6 Å². The Morgan fingerprint density at radius 2 is 1.94 bits per heavy atom. The van der Waals surface area contributed by atoms with E-state index in [1.807, 2.05) is 6.07 Å². The van der Waals surface area contributed by atoms with Crippen LogP contribution in [0.3, 0.4) is 0 Å². The van der Waals surface area contributed by atoms with Crippen molar-refractivity contribution >= 4 is 11.4 Å². The van der Waals surface area contributed by atoms with Gasteiger partial charge in [-0.25, -0.2) is 0 Å². The van der Waals surface area contributed by atoms with Crippen LogP contribution in [0.4, 0.5) is 11.4 Å². The van der Waals surface area contributed by atoms with E-state index in [2.05, 4.69) is 31.0 Å². The SMILES string of the molecule is Cc1cc(N)ccc1N(C)CC1CCCCC1. The zero-order valence-electron chi connectivity index (χ0n) is 11.1.